The largest absolute Gasteiger partial charge is 0.365 e. The lowest BCUT2D eigenvalue weighted by Crippen LogP contribution is -2.41. The molecule has 0 aliphatic carbocycles. The van der Waals surface area contributed by atoms with E-state index < -0.39 is 9.84 Å². The van der Waals surface area contributed by atoms with Crippen LogP contribution in [0.4, 0.5) is 5.82 Å². The number of amides is 1. The van der Waals surface area contributed by atoms with E-state index in [0.717, 1.165) is 5.56 Å². The zero-order valence-electron chi connectivity index (χ0n) is 15.6. The third-order valence-electron chi connectivity index (χ3n) is 4.72. The molecule has 1 N–H and O–H groups in total. The van der Waals surface area contributed by atoms with E-state index in [9.17, 15) is 13.2 Å². The molecule has 1 aromatic carbocycles. The lowest BCUT2D eigenvalue weighted by atomic mass is 10.1. The van der Waals surface area contributed by atoms with Crippen LogP contribution in [-0.4, -0.2) is 53.3 Å². The Labute approximate surface area is 159 Å². The summed E-state index contributed by atoms with van der Waals surface area (Å²) >= 11 is 0. The summed E-state index contributed by atoms with van der Waals surface area (Å²) in [6.45, 7) is 4.93. The van der Waals surface area contributed by atoms with E-state index in [1.165, 1.54) is 18.0 Å². The molecule has 1 fully saturated rings. The summed E-state index contributed by atoms with van der Waals surface area (Å²) in [5, 5.41) is 3.18. The average Bonchev–Trinajstić information content (AvgIpc) is 3.02. The van der Waals surface area contributed by atoms with Crippen molar-refractivity contribution in [1.29, 1.82) is 0 Å². The SMILES string of the molecule is CCN(C(=O)c1cnc(NCc2ccc(C)cc2)cn1)C1CCS(=O)(=O)C1. The number of aryl methyl sites for hydroxylation is 1. The molecule has 1 unspecified atom stereocenters. The van der Waals surface area contributed by atoms with Gasteiger partial charge in [0.05, 0.1) is 23.9 Å². The molecule has 3 rings (SSSR count). The molecule has 1 saturated heterocycles. The number of hydrogen-bond acceptors (Lipinski definition) is 6. The molecule has 1 aromatic heterocycles. The van der Waals surface area contributed by atoms with Crippen LogP contribution in [0.3, 0.4) is 0 Å². The summed E-state index contributed by atoms with van der Waals surface area (Å²) in [6.07, 6.45) is 3.44. The number of sulfone groups is 1. The Hall–Kier alpha value is -2.48. The second-order valence-electron chi connectivity index (χ2n) is 6.77. The predicted molar refractivity (Wildman–Crippen MR) is 104 cm³/mol. The van der Waals surface area contributed by atoms with Gasteiger partial charge in [0.1, 0.15) is 11.5 Å². The van der Waals surface area contributed by atoms with Crippen molar-refractivity contribution in [1.82, 2.24) is 14.9 Å². The van der Waals surface area contributed by atoms with Gasteiger partial charge in [-0.15, -0.1) is 0 Å². The van der Waals surface area contributed by atoms with Gasteiger partial charge in [-0.25, -0.2) is 18.4 Å². The first kappa shape index (κ1) is 19.3. The van der Waals surface area contributed by atoms with Gasteiger partial charge < -0.3 is 10.2 Å². The topological polar surface area (TPSA) is 92.3 Å². The van der Waals surface area contributed by atoms with Gasteiger partial charge in [-0.05, 0) is 25.8 Å². The van der Waals surface area contributed by atoms with Crippen LogP contribution in [0, 0.1) is 6.92 Å². The molecule has 8 heteroatoms. The van der Waals surface area contributed by atoms with Gasteiger partial charge in [0, 0.05) is 19.1 Å². The molecule has 2 aromatic rings. The standard InChI is InChI=1S/C19H24N4O3S/c1-3-23(16-8-9-27(25,26)13-16)19(24)17-11-22-18(12-20-17)21-10-15-6-4-14(2)5-7-15/h4-7,11-12,16H,3,8-10,13H2,1-2H3,(H,21,22). The Morgan fingerprint density at radius 1 is 1.22 bits per heavy atom. The molecule has 27 heavy (non-hydrogen) atoms. The van der Waals surface area contributed by atoms with Crippen molar-refractivity contribution < 1.29 is 13.2 Å². The van der Waals surface area contributed by atoms with E-state index >= 15 is 0 Å². The number of hydrogen-bond donors (Lipinski definition) is 1. The second kappa shape index (κ2) is 8.04. The van der Waals surface area contributed by atoms with E-state index in [0.29, 0.717) is 25.3 Å². The highest BCUT2D eigenvalue weighted by molar-refractivity contribution is 7.91. The lowest BCUT2D eigenvalue weighted by molar-refractivity contribution is 0.0702. The molecular weight excluding hydrogens is 364 g/mol. The van der Waals surface area contributed by atoms with Gasteiger partial charge in [-0.1, -0.05) is 29.8 Å². The minimum absolute atomic E-state index is 0.0240. The summed E-state index contributed by atoms with van der Waals surface area (Å²) in [5.41, 5.74) is 2.56. The van der Waals surface area contributed by atoms with Crippen LogP contribution in [0.2, 0.25) is 0 Å². The summed E-state index contributed by atoms with van der Waals surface area (Å²) < 4.78 is 23.4. The summed E-state index contributed by atoms with van der Waals surface area (Å²) in [5.74, 6) is 0.460. The second-order valence-corrected chi connectivity index (χ2v) is 9.00. The summed E-state index contributed by atoms with van der Waals surface area (Å²) in [6, 6.07) is 7.90. The normalized spacial score (nSPS) is 18.2. The first-order valence-corrected chi connectivity index (χ1v) is 10.8. The highest BCUT2D eigenvalue weighted by atomic mass is 32.2. The van der Waals surface area contributed by atoms with Crippen molar-refractivity contribution in [2.24, 2.45) is 0 Å². The van der Waals surface area contributed by atoms with Gasteiger partial charge >= 0.3 is 0 Å². The Kier molecular flexibility index (Phi) is 5.74. The van der Waals surface area contributed by atoms with Gasteiger partial charge in [-0.2, -0.15) is 0 Å². The number of carbonyl (C=O) groups is 1. The highest BCUT2D eigenvalue weighted by Gasteiger charge is 2.34. The molecule has 1 atom stereocenters. The fraction of sp³-hybridized carbons (Fsp3) is 0.421. The number of aromatic nitrogens is 2. The molecule has 0 spiro atoms. The van der Waals surface area contributed by atoms with Crippen molar-refractivity contribution in [2.75, 3.05) is 23.4 Å². The Balaban J connectivity index is 1.63. The first-order valence-electron chi connectivity index (χ1n) is 9.01. The Bertz CT molecular complexity index is 896. The number of carbonyl (C=O) groups excluding carboxylic acids is 1. The van der Waals surface area contributed by atoms with E-state index in [1.807, 2.05) is 38.1 Å². The lowest BCUT2D eigenvalue weighted by Gasteiger charge is -2.26. The van der Waals surface area contributed by atoms with Gasteiger partial charge in [-0.3, -0.25) is 4.79 Å². The molecule has 2 heterocycles. The van der Waals surface area contributed by atoms with Crippen molar-refractivity contribution >= 4 is 21.6 Å². The maximum absolute atomic E-state index is 12.7. The van der Waals surface area contributed by atoms with Crippen LogP contribution in [0.5, 0.6) is 0 Å². The summed E-state index contributed by atoms with van der Waals surface area (Å²) in [4.78, 5) is 22.8. The van der Waals surface area contributed by atoms with Crippen molar-refractivity contribution in [3.63, 3.8) is 0 Å². The van der Waals surface area contributed by atoms with Crippen LogP contribution in [0.25, 0.3) is 0 Å². The highest BCUT2D eigenvalue weighted by Crippen LogP contribution is 2.19. The van der Waals surface area contributed by atoms with Crippen LogP contribution in [0.1, 0.15) is 35.0 Å². The monoisotopic (exact) mass is 388 g/mol. The van der Waals surface area contributed by atoms with Crippen LogP contribution < -0.4 is 5.32 Å². The molecule has 0 saturated carbocycles. The number of nitrogens with zero attached hydrogens (tertiary/aromatic N) is 3. The number of benzene rings is 1. The maximum Gasteiger partial charge on any atom is 0.274 e. The van der Waals surface area contributed by atoms with Crippen LogP contribution in [-0.2, 0) is 16.4 Å². The Morgan fingerprint density at radius 2 is 1.96 bits per heavy atom. The van der Waals surface area contributed by atoms with E-state index in [2.05, 4.69) is 15.3 Å². The maximum atomic E-state index is 12.7. The van der Waals surface area contributed by atoms with Gasteiger partial charge in [0.2, 0.25) is 0 Å². The third kappa shape index (κ3) is 4.82. The Morgan fingerprint density at radius 3 is 2.52 bits per heavy atom. The quantitative estimate of drug-likeness (QED) is 0.814. The minimum atomic E-state index is -3.05. The van der Waals surface area contributed by atoms with Crippen molar-refractivity contribution in [3.8, 4) is 0 Å². The minimum Gasteiger partial charge on any atom is -0.365 e. The molecule has 1 aliphatic rings. The molecular formula is C19H24N4O3S. The van der Waals surface area contributed by atoms with E-state index in [-0.39, 0.29) is 29.1 Å². The van der Waals surface area contributed by atoms with E-state index in [4.69, 9.17) is 0 Å². The smallest absolute Gasteiger partial charge is 0.274 e. The van der Waals surface area contributed by atoms with Gasteiger partial charge in [0.25, 0.3) is 5.91 Å². The number of rotatable bonds is 6. The van der Waals surface area contributed by atoms with Gasteiger partial charge in [0.15, 0.2) is 9.84 Å². The molecule has 0 bridgehead atoms. The number of anilines is 1. The van der Waals surface area contributed by atoms with E-state index in [1.54, 1.807) is 4.90 Å². The third-order valence-corrected chi connectivity index (χ3v) is 6.47. The van der Waals surface area contributed by atoms with Crippen molar-refractivity contribution in [3.05, 3.63) is 53.5 Å². The fourth-order valence-corrected chi connectivity index (χ4v) is 4.89. The molecule has 1 amide bonds. The average molecular weight is 388 g/mol. The zero-order valence-corrected chi connectivity index (χ0v) is 16.4. The predicted octanol–water partition coefficient (Wildman–Crippen LogP) is 2.05. The molecule has 1 aliphatic heterocycles. The first-order chi connectivity index (χ1) is 12.9. The molecule has 144 valence electrons. The van der Waals surface area contributed by atoms with Crippen molar-refractivity contribution in [2.45, 2.75) is 32.9 Å². The zero-order chi connectivity index (χ0) is 19.4. The fourth-order valence-electron chi connectivity index (χ4n) is 3.16. The van der Waals surface area contributed by atoms with Crippen LogP contribution >= 0.6 is 0 Å². The summed E-state index contributed by atoms with van der Waals surface area (Å²) in [7, 11) is -3.05. The molecule has 0 radical (unpaired) electrons. The number of nitrogens with one attached hydrogen (secondary N) is 1. The van der Waals surface area contributed by atoms with Crippen LogP contribution in [0.15, 0.2) is 36.7 Å². The molecule has 7 nitrogen and oxygen atoms in total.